The number of nitrogens with zero attached hydrogens (tertiary/aromatic N) is 2. The minimum absolute atomic E-state index is 0.271. The van der Waals surface area contributed by atoms with E-state index in [0.29, 0.717) is 35.3 Å². The lowest BCUT2D eigenvalue weighted by atomic mass is 10.2. The predicted octanol–water partition coefficient (Wildman–Crippen LogP) is 4.43. The number of fused-ring (bicyclic) bond motifs is 2. The average Bonchev–Trinajstić information content (AvgIpc) is 2.85. The van der Waals surface area contributed by atoms with Crippen LogP contribution in [0.3, 0.4) is 0 Å². The van der Waals surface area contributed by atoms with Gasteiger partial charge in [-0.3, -0.25) is 4.90 Å². The van der Waals surface area contributed by atoms with Crippen LogP contribution < -0.4 is 19.7 Å². The first-order chi connectivity index (χ1) is 12.7. The fraction of sp³-hybridized carbons (Fsp3) is 0.100. The Balaban J connectivity index is 1.69. The number of carbonyl (C=O) groups is 1. The van der Waals surface area contributed by atoms with Crippen LogP contribution >= 0.6 is 0 Å². The van der Waals surface area contributed by atoms with E-state index in [1.807, 2.05) is 48.5 Å². The van der Waals surface area contributed by atoms with Crippen molar-refractivity contribution in [3.05, 3.63) is 72.4 Å². The molecule has 0 saturated heterocycles. The van der Waals surface area contributed by atoms with Crippen molar-refractivity contribution in [2.24, 2.45) is 0 Å². The number of pyridine rings is 1. The standard InChI is InChI=1S/C20H17N3O3/c1-25-16-8-4-7-15(12-16)22-20(24)23-13-14-6-2-3-10-18(14)26-19-17(23)9-5-11-21-19/h2-12H,13H2,1H3,(H,22,24). The van der Waals surface area contributed by atoms with E-state index in [2.05, 4.69) is 10.3 Å². The molecule has 0 fully saturated rings. The van der Waals surface area contributed by atoms with Gasteiger partial charge >= 0.3 is 6.03 Å². The predicted molar refractivity (Wildman–Crippen MR) is 98.9 cm³/mol. The number of nitrogens with one attached hydrogen (secondary N) is 1. The summed E-state index contributed by atoms with van der Waals surface area (Å²) in [6.07, 6.45) is 1.64. The minimum Gasteiger partial charge on any atom is -0.497 e. The van der Waals surface area contributed by atoms with Gasteiger partial charge in [-0.25, -0.2) is 9.78 Å². The second kappa shape index (κ2) is 6.76. The van der Waals surface area contributed by atoms with Gasteiger partial charge in [0.15, 0.2) is 0 Å². The van der Waals surface area contributed by atoms with Crippen LogP contribution in [0.1, 0.15) is 5.56 Å². The summed E-state index contributed by atoms with van der Waals surface area (Å²) in [6.45, 7) is 0.380. The van der Waals surface area contributed by atoms with Crippen LogP contribution in [0.2, 0.25) is 0 Å². The quantitative estimate of drug-likeness (QED) is 0.745. The van der Waals surface area contributed by atoms with Crippen LogP contribution in [0.25, 0.3) is 0 Å². The molecule has 130 valence electrons. The Hall–Kier alpha value is -3.54. The van der Waals surface area contributed by atoms with Gasteiger partial charge in [0, 0.05) is 23.5 Å². The molecule has 0 unspecified atom stereocenters. The van der Waals surface area contributed by atoms with E-state index >= 15 is 0 Å². The smallest absolute Gasteiger partial charge is 0.326 e. The maximum Gasteiger partial charge on any atom is 0.326 e. The third-order valence-corrected chi connectivity index (χ3v) is 4.12. The van der Waals surface area contributed by atoms with Crippen molar-refractivity contribution in [3.63, 3.8) is 0 Å². The molecule has 26 heavy (non-hydrogen) atoms. The van der Waals surface area contributed by atoms with Gasteiger partial charge < -0.3 is 14.8 Å². The zero-order chi connectivity index (χ0) is 17.9. The van der Waals surface area contributed by atoms with E-state index in [0.717, 1.165) is 5.56 Å². The molecule has 2 amide bonds. The first-order valence-electron chi connectivity index (χ1n) is 8.18. The normalized spacial score (nSPS) is 12.3. The van der Waals surface area contributed by atoms with E-state index in [1.165, 1.54) is 0 Å². The van der Waals surface area contributed by atoms with Crippen molar-refractivity contribution in [1.82, 2.24) is 4.98 Å². The van der Waals surface area contributed by atoms with E-state index in [-0.39, 0.29) is 6.03 Å². The molecule has 6 nitrogen and oxygen atoms in total. The van der Waals surface area contributed by atoms with Crippen molar-refractivity contribution >= 4 is 17.4 Å². The van der Waals surface area contributed by atoms with Crippen molar-refractivity contribution in [2.75, 3.05) is 17.3 Å². The second-order valence-corrected chi connectivity index (χ2v) is 5.79. The molecule has 3 aromatic rings. The summed E-state index contributed by atoms with van der Waals surface area (Å²) in [4.78, 5) is 18.9. The summed E-state index contributed by atoms with van der Waals surface area (Å²) < 4.78 is 11.1. The Morgan fingerprint density at radius 2 is 2.04 bits per heavy atom. The Labute approximate surface area is 151 Å². The number of aromatic nitrogens is 1. The number of para-hydroxylation sites is 1. The fourth-order valence-electron chi connectivity index (χ4n) is 2.83. The van der Waals surface area contributed by atoms with Crippen molar-refractivity contribution < 1.29 is 14.3 Å². The summed E-state index contributed by atoms with van der Waals surface area (Å²) in [7, 11) is 1.59. The number of anilines is 2. The Morgan fingerprint density at radius 3 is 2.92 bits per heavy atom. The van der Waals surface area contributed by atoms with Crippen LogP contribution in [0.15, 0.2) is 66.9 Å². The lowest BCUT2D eigenvalue weighted by Crippen LogP contribution is -2.34. The molecule has 1 aliphatic rings. The lowest BCUT2D eigenvalue weighted by Gasteiger charge is -2.22. The van der Waals surface area contributed by atoms with Crippen LogP contribution in [0.4, 0.5) is 16.2 Å². The summed E-state index contributed by atoms with van der Waals surface area (Å²) in [5.41, 5.74) is 2.17. The number of carbonyl (C=O) groups excluding carboxylic acids is 1. The molecule has 0 saturated carbocycles. The number of ether oxygens (including phenoxy) is 2. The average molecular weight is 347 g/mol. The topological polar surface area (TPSA) is 63.7 Å². The maximum absolute atomic E-state index is 13.0. The Kier molecular flexibility index (Phi) is 4.15. The largest absolute Gasteiger partial charge is 0.497 e. The third kappa shape index (κ3) is 3.04. The van der Waals surface area contributed by atoms with Crippen molar-refractivity contribution in [3.8, 4) is 17.4 Å². The summed E-state index contributed by atoms with van der Waals surface area (Å²) in [6, 6.07) is 18.2. The van der Waals surface area contributed by atoms with Crippen LogP contribution in [0, 0.1) is 0 Å². The molecule has 0 aliphatic carbocycles. The molecule has 2 heterocycles. The van der Waals surface area contributed by atoms with Gasteiger partial charge in [0.05, 0.1) is 13.7 Å². The number of rotatable bonds is 2. The number of hydrogen-bond donors (Lipinski definition) is 1. The number of benzene rings is 2. The number of amides is 2. The highest BCUT2D eigenvalue weighted by Crippen LogP contribution is 2.37. The SMILES string of the molecule is COc1cccc(NC(=O)N2Cc3ccccc3Oc3ncccc32)c1. The first kappa shape index (κ1) is 16.0. The Morgan fingerprint density at radius 1 is 1.15 bits per heavy atom. The number of methoxy groups -OCH3 is 1. The van der Waals surface area contributed by atoms with E-state index in [1.54, 1.807) is 30.3 Å². The summed E-state index contributed by atoms with van der Waals surface area (Å²) in [5, 5.41) is 2.91. The molecule has 0 bridgehead atoms. The zero-order valence-electron chi connectivity index (χ0n) is 14.2. The minimum atomic E-state index is -0.271. The molecule has 1 aromatic heterocycles. The molecule has 1 N–H and O–H groups in total. The molecule has 2 aromatic carbocycles. The third-order valence-electron chi connectivity index (χ3n) is 4.12. The van der Waals surface area contributed by atoms with E-state index in [9.17, 15) is 4.79 Å². The monoisotopic (exact) mass is 347 g/mol. The highest BCUT2D eigenvalue weighted by molar-refractivity contribution is 6.02. The second-order valence-electron chi connectivity index (χ2n) is 5.79. The van der Waals surface area contributed by atoms with Crippen LogP contribution in [-0.4, -0.2) is 18.1 Å². The fourth-order valence-corrected chi connectivity index (χ4v) is 2.83. The van der Waals surface area contributed by atoms with Gasteiger partial charge in [-0.05, 0) is 30.3 Å². The number of hydrogen-bond acceptors (Lipinski definition) is 4. The molecule has 6 heteroatoms. The van der Waals surface area contributed by atoms with Gasteiger partial charge in [-0.15, -0.1) is 0 Å². The van der Waals surface area contributed by atoms with Gasteiger partial charge in [0.2, 0.25) is 5.88 Å². The molecular weight excluding hydrogens is 330 g/mol. The molecule has 4 rings (SSSR count). The molecule has 1 aliphatic heterocycles. The summed E-state index contributed by atoms with van der Waals surface area (Å²) in [5.74, 6) is 1.77. The summed E-state index contributed by atoms with van der Waals surface area (Å²) >= 11 is 0. The zero-order valence-corrected chi connectivity index (χ0v) is 14.2. The highest BCUT2D eigenvalue weighted by atomic mass is 16.5. The van der Waals surface area contributed by atoms with E-state index < -0.39 is 0 Å². The van der Waals surface area contributed by atoms with Gasteiger partial charge in [-0.2, -0.15) is 0 Å². The van der Waals surface area contributed by atoms with Gasteiger partial charge in [0.1, 0.15) is 17.2 Å². The van der Waals surface area contributed by atoms with Crippen molar-refractivity contribution in [1.29, 1.82) is 0 Å². The molecule has 0 atom stereocenters. The van der Waals surface area contributed by atoms with Crippen molar-refractivity contribution in [2.45, 2.75) is 6.54 Å². The molecule has 0 spiro atoms. The van der Waals surface area contributed by atoms with E-state index in [4.69, 9.17) is 9.47 Å². The van der Waals surface area contributed by atoms with Gasteiger partial charge in [-0.1, -0.05) is 24.3 Å². The molecule has 0 radical (unpaired) electrons. The lowest BCUT2D eigenvalue weighted by molar-refractivity contribution is 0.256. The Bertz CT molecular complexity index is 958. The van der Waals surface area contributed by atoms with Crippen LogP contribution in [0.5, 0.6) is 17.4 Å². The maximum atomic E-state index is 13.0. The van der Waals surface area contributed by atoms with Crippen LogP contribution in [-0.2, 0) is 6.54 Å². The highest BCUT2D eigenvalue weighted by Gasteiger charge is 2.26. The molecular formula is C20H17N3O3. The van der Waals surface area contributed by atoms with Gasteiger partial charge in [0.25, 0.3) is 0 Å². The number of urea groups is 1. The first-order valence-corrected chi connectivity index (χ1v) is 8.18.